The van der Waals surface area contributed by atoms with Crippen molar-refractivity contribution in [3.8, 4) is 0 Å². The third kappa shape index (κ3) is 6.84. The summed E-state index contributed by atoms with van der Waals surface area (Å²) in [4.78, 5) is 37.4. The smallest absolute Gasteiger partial charge is 0.274 e. The molecule has 2 aliphatic carbocycles. The summed E-state index contributed by atoms with van der Waals surface area (Å²) in [6.45, 7) is 3.73. The van der Waals surface area contributed by atoms with Crippen LogP contribution in [0.1, 0.15) is 67.9 Å². The van der Waals surface area contributed by atoms with Gasteiger partial charge in [0.1, 0.15) is 23.6 Å². The van der Waals surface area contributed by atoms with Crippen molar-refractivity contribution in [3.63, 3.8) is 0 Å². The molecule has 1 aromatic carbocycles. The van der Waals surface area contributed by atoms with Crippen molar-refractivity contribution in [1.29, 1.82) is 0 Å². The molecule has 0 aliphatic heterocycles. The van der Waals surface area contributed by atoms with Crippen LogP contribution in [0.4, 0.5) is 11.5 Å². The molecule has 1 aromatic heterocycles. The predicted octanol–water partition coefficient (Wildman–Crippen LogP) is 4.30. The zero-order valence-corrected chi connectivity index (χ0v) is 19.8. The van der Waals surface area contributed by atoms with Gasteiger partial charge in [0, 0.05) is 30.9 Å². The van der Waals surface area contributed by atoms with Gasteiger partial charge in [0.15, 0.2) is 0 Å². The lowest BCUT2D eigenvalue weighted by atomic mass is 9.94. The first-order valence-corrected chi connectivity index (χ1v) is 12.1. The molecule has 0 saturated heterocycles. The SMILES string of the molecule is CC(=O)CN(C)Cc1ccc(NC(=O)c2cc(N(CC3CC3)C3CCCCC3)ncn2)cc1. The van der Waals surface area contributed by atoms with E-state index in [1.54, 1.807) is 6.92 Å². The highest BCUT2D eigenvalue weighted by molar-refractivity contribution is 6.03. The largest absolute Gasteiger partial charge is 0.353 e. The molecule has 7 heteroatoms. The van der Waals surface area contributed by atoms with Gasteiger partial charge in [-0.25, -0.2) is 9.97 Å². The number of amides is 1. The number of hydrogen-bond donors (Lipinski definition) is 1. The summed E-state index contributed by atoms with van der Waals surface area (Å²) in [5.74, 6) is 1.55. The third-order valence-corrected chi connectivity index (χ3v) is 6.50. The Morgan fingerprint density at radius 1 is 1.03 bits per heavy atom. The van der Waals surface area contributed by atoms with Crippen molar-refractivity contribution < 1.29 is 9.59 Å². The van der Waals surface area contributed by atoms with Gasteiger partial charge in [-0.2, -0.15) is 0 Å². The van der Waals surface area contributed by atoms with Crippen molar-refractivity contribution in [2.75, 3.05) is 30.4 Å². The molecule has 176 valence electrons. The average molecular weight is 450 g/mol. The van der Waals surface area contributed by atoms with Crippen molar-refractivity contribution in [3.05, 3.63) is 47.9 Å². The number of ketones is 1. The van der Waals surface area contributed by atoms with Gasteiger partial charge in [-0.3, -0.25) is 14.5 Å². The maximum absolute atomic E-state index is 12.9. The minimum Gasteiger partial charge on any atom is -0.353 e. The number of nitrogens with zero attached hydrogens (tertiary/aromatic N) is 4. The number of carbonyl (C=O) groups is 2. The standard InChI is InChI=1S/C26H35N5O2/c1-19(32)15-30(2)16-20-10-12-22(13-11-20)29-26(33)24-14-25(28-18-27-24)31(17-21-8-9-21)23-6-4-3-5-7-23/h10-14,18,21,23H,3-9,15-17H2,1-2H3,(H,29,33). The van der Waals surface area contributed by atoms with Crippen molar-refractivity contribution in [2.24, 2.45) is 5.92 Å². The molecule has 4 rings (SSSR count). The second kappa shape index (κ2) is 10.9. The van der Waals surface area contributed by atoms with Crippen molar-refractivity contribution >= 4 is 23.2 Å². The maximum atomic E-state index is 12.9. The second-order valence-electron chi connectivity index (χ2n) is 9.67. The molecule has 0 radical (unpaired) electrons. The molecule has 0 atom stereocenters. The Morgan fingerprint density at radius 2 is 1.76 bits per heavy atom. The summed E-state index contributed by atoms with van der Waals surface area (Å²) in [6, 6.07) is 10.1. The van der Waals surface area contributed by atoms with Crippen LogP contribution in [0, 0.1) is 5.92 Å². The lowest BCUT2D eigenvalue weighted by Gasteiger charge is -2.35. The number of rotatable bonds is 10. The molecular formula is C26H35N5O2. The zero-order chi connectivity index (χ0) is 23.2. The van der Waals surface area contributed by atoms with Gasteiger partial charge in [0.25, 0.3) is 5.91 Å². The Balaban J connectivity index is 1.41. The first kappa shape index (κ1) is 23.4. The molecule has 2 fully saturated rings. The fourth-order valence-electron chi connectivity index (χ4n) is 4.67. The van der Waals surface area contributed by atoms with Gasteiger partial charge in [-0.05, 0) is 63.3 Å². The topological polar surface area (TPSA) is 78.4 Å². The fraction of sp³-hybridized carbons (Fsp3) is 0.538. The Labute approximate surface area is 196 Å². The number of benzene rings is 1. The van der Waals surface area contributed by atoms with Gasteiger partial charge in [-0.15, -0.1) is 0 Å². The van der Waals surface area contributed by atoms with Crippen LogP contribution in [-0.4, -0.2) is 52.7 Å². The number of anilines is 2. The van der Waals surface area contributed by atoms with Crippen LogP contribution in [0.3, 0.4) is 0 Å². The van der Waals surface area contributed by atoms with Gasteiger partial charge in [0.05, 0.1) is 6.54 Å². The van der Waals surface area contributed by atoms with Crippen molar-refractivity contribution in [2.45, 2.75) is 64.5 Å². The molecule has 1 N–H and O–H groups in total. The van der Waals surface area contributed by atoms with E-state index in [-0.39, 0.29) is 11.7 Å². The highest BCUT2D eigenvalue weighted by atomic mass is 16.2. The fourth-order valence-corrected chi connectivity index (χ4v) is 4.67. The van der Waals surface area contributed by atoms with Crippen LogP contribution in [0.2, 0.25) is 0 Å². The van der Waals surface area contributed by atoms with Gasteiger partial charge >= 0.3 is 0 Å². The van der Waals surface area contributed by atoms with E-state index in [0.717, 1.165) is 29.5 Å². The molecule has 1 amide bonds. The molecule has 2 aromatic rings. The summed E-state index contributed by atoms with van der Waals surface area (Å²) in [5.41, 5.74) is 2.20. The summed E-state index contributed by atoms with van der Waals surface area (Å²) in [5, 5.41) is 2.95. The summed E-state index contributed by atoms with van der Waals surface area (Å²) in [7, 11) is 1.92. The Bertz CT molecular complexity index is 951. The molecular weight excluding hydrogens is 414 g/mol. The molecule has 0 bridgehead atoms. The van der Waals surface area contributed by atoms with Crippen LogP contribution >= 0.6 is 0 Å². The normalized spacial score (nSPS) is 16.6. The predicted molar refractivity (Wildman–Crippen MR) is 130 cm³/mol. The second-order valence-corrected chi connectivity index (χ2v) is 9.67. The van der Waals surface area contributed by atoms with E-state index in [1.807, 2.05) is 42.3 Å². The van der Waals surface area contributed by atoms with Crippen molar-refractivity contribution in [1.82, 2.24) is 14.9 Å². The maximum Gasteiger partial charge on any atom is 0.274 e. The molecule has 33 heavy (non-hydrogen) atoms. The minimum atomic E-state index is -0.227. The molecule has 1 heterocycles. The van der Waals surface area contributed by atoms with Gasteiger partial charge < -0.3 is 10.2 Å². The van der Waals surface area contributed by atoms with E-state index >= 15 is 0 Å². The first-order valence-electron chi connectivity index (χ1n) is 12.1. The first-order chi connectivity index (χ1) is 16.0. The highest BCUT2D eigenvalue weighted by Crippen LogP contribution is 2.34. The van der Waals surface area contributed by atoms with E-state index in [2.05, 4.69) is 20.2 Å². The quantitative estimate of drug-likeness (QED) is 0.583. The highest BCUT2D eigenvalue weighted by Gasteiger charge is 2.30. The van der Waals surface area contributed by atoms with Gasteiger partial charge in [-0.1, -0.05) is 31.4 Å². The summed E-state index contributed by atoms with van der Waals surface area (Å²) in [6.07, 6.45) is 10.4. The Hall–Kier alpha value is -2.80. The van der Waals surface area contributed by atoms with Crippen LogP contribution in [0.5, 0.6) is 0 Å². The van der Waals surface area contributed by atoms with Crippen LogP contribution in [0.15, 0.2) is 36.7 Å². The van der Waals surface area contributed by atoms with E-state index in [4.69, 9.17) is 0 Å². The van der Waals surface area contributed by atoms with Crippen LogP contribution in [-0.2, 0) is 11.3 Å². The number of hydrogen-bond acceptors (Lipinski definition) is 6. The summed E-state index contributed by atoms with van der Waals surface area (Å²) < 4.78 is 0. The molecule has 7 nitrogen and oxygen atoms in total. The number of carbonyl (C=O) groups excluding carboxylic acids is 2. The molecule has 2 aliphatic rings. The third-order valence-electron chi connectivity index (χ3n) is 6.50. The average Bonchev–Trinajstić information content (AvgIpc) is 3.63. The number of likely N-dealkylation sites (N-methyl/N-ethyl adjacent to an activating group) is 1. The minimum absolute atomic E-state index is 0.143. The Kier molecular flexibility index (Phi) is 7.70. The number of aromatic nitrogens is 2. The summed E-state index contributed by atoms with van der Waals surface area (Å²) >= 11 is 0. The van der Waals surface area contributed by atoms with Crippen LogP contribution in [0.25, 0.3) is 0 Å². The molecule has 0 spiro atoms. The van der Waals surface area contributed by atoms with E-state index < -0.39 is 0 Å². The Morgan fingerprint density at radius 3 is 2.42 bits per heavy atom. The van der Waals surface area contributed by atoms with Gasteiger partial charge in [0.2, 0.25) is 0 Å². The number of Topliss-reactive ketones (excluding diaryl/α,β-unsaturated/α-hetero) is 1. The van der Waals surface area contributed by atoms with Crippen LogP contribution < -0.4 is 10.2 Å². The molecule has 2 saturated carbocycles. The lowest BCUT2D eigenvalue weighted by Crippen LogP contribution is -2.39. The van der Waals surface area contributed by atoms with E-state index in [0.29, 0.717) is 24.8 Å². The molecule has 0 unspecified atom stereocenters. The zero-order valence-electron chi connectivity index (χ0n) is 19.8. The number of nitrogens with one attached hydrogen (secondary N) is 1. The van der Waals surface area contributed by atoms with E-state index in [1.165, 1.54) is 51.3 Å². The monoisotopic (exact) mass is 449 g/mol. The van der Waals surface area contributed by atoms with E-state index in [9.17, 15) is 9.59 Å². The lowest BCUT2D eigenvalue weighted by molar-refractivity contribution is -0.117.